The molecule has 0 spiro atoms. The molecular weight excluding hydrogens is 124 g/mol. The van der Waals surface area contributed by atoms with Gasteiger partial charge in [-0.15, -0.1) is 0 Å². The lowest BCUT2D eigenvalue weighted by molar-refractivity contribution is -0.112. The molecule has 0 N–H and O–H groups in total. The van der Waals surface area contributed by atoms with Gasteiger partial charge in [0.1, 0.15) is 0 Å². The van der Waals surface area contributed by atoms with Gasteiger partial charge in [0.2, 0.25) is 0 Å². The average Bonchev–Trinajstić information content (AvgIpc) is 1.87. The summed E-state index contributed by atoms with van der Waals surface area (Å²) in [5, 5.41) is 0. The van der Waals surface area contributed by atoms with Crippen molar-refractivity contribution in [1.29, 1.82) is 0 Å². The number of allylic oxidation sites excluding steroid dienone is 4. The Labute approximate surface area is 62.4 Å². The van der Waals surface area contributed by atoms with Gasteiger partial charge in [-0.3, -0.25) is 4.79 Å². The van der Waals surface area contributed by atoms with Crippen LogP contribution in [0.1, 0.15) is 27.2 Å². The maximum atomic E-state index is 10.4. The monoisotopic (exact) mass is 138 g/mol. The van der Waals surface area contributed by atoms with Crippen LogP contribution in [-0.2, 0) is 4.79 Å². The van der Waals surface area contributed by atoms with E-state index in [1.165, 1.54) is 5.57 Å². The second kappa shape index (κ2) is 4.98. The first kappa shape index (κ1) is 9.15. The summed E-state index contributed by atoms with van der Waals surface area (Å²) >= 11 is 0. The number of hydrogen-bond acceptors (Lipinski definition) is 1. The van der Waals surface area contributed by atoms with Gasteiger partial charge in [0.05, 0.1) is 0 Å². The summed E-state index contributed by atoms with van der Waals surface area (Å²) in [5.74, 6) is 0.0974. The Kier molecular flexibility index (Phi) is 4.55. The Balaban J connectivity index is 3.82. The van der Waals surface area contributed by atoms with E-state index in [-0.39, 0.29) is 5.78 Å². The molecule has 0 unspecified atom stereocenters. The van der Waals surface area contributed by atoms with E-state index in [4.69, 9.17) is 0 Å². The van der Waals surface area contributed by atoms with Crippen molar-refractivity contribution in [3.63, 3.8) is 0 Å². The zero-order valence-electron chi connectivity index (χ0n) is 6.85. The van der Waals surface area contributed by atoms with Crippen LogP contribution in [-0.4, -0.2) is 5.78 Å². The second-order valence-electron chi connectivity index (χ2n) is 2.34. The summed E-state index contributed by atoms with van der Waals surface area (Å²) in [5.41, 5.74) is 1.29. The third-order valence-corrected chi connectivity index (χ3v) is 1.27. The third kappa shape index (κ3) is 5.29. The van der Waals surface area contributed by atoms with Crippen molar-refractivity contribution in [1.82, 2.24) is 0 Å². The van der Waals surface area contributed by atoms with Gasteiger partial charge in [-0.2, -0.15) is 0 Å². The van der Waals surface area contributed by atoms with Crippen molar-refractivity contribution in [2.75, 3.05) is 0 Å². The third-order valence-electron chi connectivity index (χ3n) is 1.27. The fourth-order valence-electron chi connectivity index (χ4n) is 0.466. The highest BCUT2D eigenvalue weighted by Crippen LogP contribution is 1.97. The van der Waals surface area contributed by atoms with Crippen molar-refractivity contribution < 1.29 is 4.79 Å². The van der Waals surface area contributed by atoms with E-state index in [1.54, 1.807) is 19.1 Å². The SMILES string of the molecule is CCC(C)=CC=CC(C)=O. The molecular formula is C9H14O. The van der Waals surface area contributed by atoms with E-state index in [0.29, 0.717) is 0 Å². The molecule has 0 saturated carbocycles. The molecule has 1 nitrogen and oxygen atoms in total. The summed E-state index contributed by atoms with van der Waals surface area (Å²) in [7, 11) is 0. The summed E-state index contributed by atoms with van der Waals surface area (Å²) < 4.78 is 0. The summed E-state index contributed by atoms with van der Waals surface area (Å²) in [6.45, 7) is 5.68. The van der Waals surface area contributed by atoms with Gasteiger partial charge in [-0.1, -0.05) is 24.6 Å². The maximum Gasteiger partial charge on any atom is 0.152 e. The van der Waals surface area contributed by atoms with Crippen LogP contribution < -0.4 is 0 Å². The summed E-state index contributed by atoms with van der Waals surface area (Å²) in [4.78, 5) is 10.4. The Morgan fingerprint density at radius 3 is 2.40 bits per heavy atom. The van der Waals surface area contributed by atoms with E-state index in [0.717, 1.165) is 6.42 Å². The maximum absolute atomic E-state index is 10.4. The van der Waals surface area contributed by atoms with Crippen LogP contribution >= 0.6 is 0 Å². The van der Waals surface area contributed by atoms with Gasteiger partial charge in [0.15, 0.2) is 5.78 Å². The highest BCUT2D eigenvalue weighted by molar-refractivity contribution is 5.87. The Morgan fingerprint density at radius 2 is 2.00 bits per heavy atom. The average molecular weight is 138 g/mol. The number of carbonyl (C=O) groups is 1. The van der Waals surface area contributed by atoms with Crippen molar-refractivity contribution >= 4 is 5.78 Å². The Hall–Kier alpha value is -0.850. The normalized spacial score (nSPS) is 12.5. The molecule has 0 saturated heterocycles. The van der Waals surface area contributed by atoms with Crippen LogP contribution in [0.3, 0.4) is 0 Å². The zero-order chi connectivity index (χ0) is 7.98. The van der Waals surface area contributed by atoms with Crippen LogP contribution in [0.15, 0.2) is 23.8 Å². The molecule has 0 amide bonds. The minimum Gasteiger partial charge on any atom is -0.295 e. The van der Waals surface area contributed by atoms with E-state index < -0.39 is 0 Å². The van der Waals surface area contributed by atoms with Crippen LogP contribution in [0.4, 0.5) is 0 Å². The molecule has 1 heteroatoms. The van der Waals surface area contributed by atoms with Crippen LogP contribution in [0.25, 0.3) is 0 Å². The molecule has 0 aliphatic heterocycles. The van der Waals surface area contributed by atoms with Gasteiger partial charge in [0.25, 0.3) is 0 Å². The fourth-order valence-corrected chi connectivity index (χ4v) is 0.466. The smallest absolute Gasteiger partial charge is 0.152 e. The molecule has 0 rings (SSSR count). The van der Waals surface area contributed by atoms with Crippen molar-refractivity contribution in [2.24, 2.45) is 0 Å². The molecule has 56 valence electrons. The summed E-state index contributed by atoms with van der Waals surface area (Å²) in [6, 6.07) is 0. The second-order valence-corrected chi connectivity index (χ2v) is 2.34. The number of carbonyl (C=O) groups excluding carboxylic acids is 1. The van der Waals surface area contributed by atoms with Crippen molar-refractivity contribution in [2.45, 2.75) is 27.2 Å². The number of ketones is 1. The minimum atomic E-state index is 0.0974. The van der Waals surface area contributed by atoms with Gasteiger partial charge < -0.3 is 0 Å². The zero-order valence-corrected chi connectivity index (χ0v) is 6.85. The van der Waals surface area contributed by atoms with Gasteiger partial charge >= 0.3 is 0 Å². The molecule has 0 aromatic heterocycles. The van der Waals surface area contributed by atoms with Crippen LogP contribution in [0, 0.1) is 0 Å². The van der Waals surface area contributed by atoms with Crippen molar-refractivity contribution in [3.05, 3.63) is 23.8 Å². The van der Waals surface area contributed by atoms with E-state index in [2.05, 4.69) is 6.92 Å². The van der Waals surface area contributed by atoms with Crippen LogP contribution in [0.2, 0.25) is 0 Å². The first-order valence-corrected chi connectivity index (χ1v) is 3.51. The van der Waals surface area contributed by atoms with Crippen molar-refractivity contribution in [3.8, 4) is 0 Å². The molecule has 0 atom stereocenters. The lowest BCUT2D eigenvalue weighted by Gasteiger charge is -1.87. The largest absolute Gasteiger partial charge is 0.295 e. The standard InChI is InChI=1S/C9H14O/c1-4-8(2)6-5-7-9(3)10/h5-7H,4H2,1-3H3. The quantitative estimate of drug-likeness (QED) is 0.432. The lowest BCUT2D eigenvalue weighted by atomic mass is 10.2. The van der Waals surface area contributed by atoms with Gasteiger partial charge in [0, 0.05) is 0 Å². The molecule has 0 bridgehead atoms. The molecule has 0 fully saturated rings. The number of hydrogen-bond donors (Lipinski definition) is 0. The molecule has 0 aromatic rings. The lowest BCUT2D eigenvalue weighted by Crippen LogP contribution is -1.78. The molecule has 10 heavy (non-hydrogen) atoms. The highest BCUT2D eigenvalue weighted by Gasteiger charge is 1.80. The van der Waals surface area contributed by atoms with E-state index >= 15 is 0 Å². The number of rotatable bonds is 3. The first-order chi connectivity index (χ1) is 4.66. The van der Waals surface area contributed by atoms with Gasteiger partial charge in [-0.25, -0.2) is 0 Å². The molecule has 0 heterocycles. The van der Waals surface area contributed by atoms with E-state index in [1.807, 2.05) is 13.0 Å². The molecule has 0 aliphatic carbocycles. The summed E-state index contributed by atoms with van der Waals surface area (Å²) in [6.07, 6.45) is 6.37. The molecule has 0 radical (unpaired) electrons. The topological polar surface area (TPSA) is 17.1 Å². The van der Waals surface area contributed by atoms with Gasteiger partial charge in [-0.05, 0) is 26.3 Å². The first-order valence-electron chi connectivity index (χ1n) is 3.51. The Bertz CT molecular complexity index is 164. The fraction of sp³-hybridized carbons (Fsp3) is 0.444. The predicted molar refractivity (Wildman–Crippen MR) is 43.9 cm³/mol. The molecule has 0 aliphatic rings. The van der Waals surface area contributed by atoms with E-state index in [9.17, 15) is 4.79 Å². The minimum absolute atomic E-state index is 0.0974. The molecule has 0 aromatic carbocycles. The van der Waals surface area contributed by atoms with Crippen LogP contribution in [0.5, 0.6) is 0 Å². The highest BCUT2D eigenvalue weighted by atomic mass is 16.1. The predicted octanol–water partition coefficient (Wildman–Crippen LogP) is 2.49. The Morgan fingerprint density at radius 1 is 1.40 bits per heavy atom.